The number of carbonyl (C=O) groups excluding carboxylic acids is 13. The maximum Gasteiger partial charge on any atom is 0.305 e. The van der Waals surface area contributed by atoms with Crippen molar-refractivity contribution in [3.8, 4) is 17.2 Å². The van der Waals surface area contributed by atoms with Gasteiger partial charge in [0, 0.05) is 85.0 Å². The van der Waals surface area contributed by atoms with Gasteiger partial charge >= 0.3 is 5.97 Å². The Morgan fingerprint density at radius 1 is 0.445 bits per heavy atom. The number of H-pyrrole nitrogens is 2. The molecule has 628 valence electrons. The van der Waals surface area contributed by atoms with Crippen molar-refractivity contribution in [2.45, 2.75) is 158 Å². The van der Waals surface area contributed by atoms with Crippen LogP contribution in [0.3, 0.4) is 0 Å². The summed E-state index contributed by atoms with van der Waals surface area (Å²) >= 11 is 0.864. The highest BCUT2D eigenvalue weighted by Gasteiger charge is 2.42. The Morgan fingerprint density at radius 2 is 0.857 bits per heavy atom. The number of nitrogens with one attached hydrogen (secondary N) is 13. The van der Waals surface area contributed by atoms with Crippen molar-refractivity contribution in [1.82, 2.24) is 73.4 Å². The van der Waals surface area contributed by atoms with Crippen LogP contribution in [0.15, 0.2) is 164 Å². The highest BCUT2D eigenvalue weighted by Crippen LogP contribution is 2.26. The molecule has 34 heteroatoms. The van der Waals surface area contributed by atoms with E-state index < -0.39 is 174 Å². The fourth-order valence-electron chi connectivity index (χ4n) is 14.2. The smallest absolute Gasteiger partial charge is 0.305 e. The number of thioether (sulfide) groups is 1. The monoisotopic (exact) mass is 1650 g/mol. The van der Waals surface area contributed by atoms with E-state index in [0.717, 1.165) is 11.8 Å². The zero-order valence-electron chi connectivity index (χ0n) is 65.9. The fourth-order valence-corrected chi connectivity index (χ4v) is 15.1. The summed E-state index contributed by atoms with van der Waals surface area (Å²) in [5, 5.41) is 71.6. The van der Waals surface area contributed by atoms with E-state index in [-0.39, 0.29) is 93.3 Å². The lowest BCUT2D eigenvalue weighted by atomic mass is 9.99. The number of amides is 13. The second-order valence-corrected chi connectivity index (χ2v) is 31.4. The lowest BCUT2D eigenvalue weighted by molar-refractivity contribution is -0.143. The molecule has 2 aliphatic rings. The van der Waals surface area contributed by atoms with Crippen LogP contribution in [0.4, 0.5) is 0 Å². The molecule has 19 N–H and O–H groups in total. The highest BCUT2D eigenvalue weighted by atomic mass is 32.2. The van der Waals surface area contributed by atoms with Gasteiger partial charge in [0.05, 0.1) is 18.7 Å². The third-order valence-electron chi connectivity index (χ3n) is 20.5. The van der Waals surface area contributed by atoms with Gasteiger partial charge in [-0.2, -0.15) is 0 Å². The molecule has 119 heavy (non-hydrogen) atoms. The Morgan fingerprint density at radius 3 is 1.34 bits per heavy atom. The summed E-state index contributed by atoms with van der Waals surface area (Å²) < 4.78 is 0. The van der Waals surface area contributed by atoms with Gasteiger partial charge in [-0.25, -0.2) is 0 Å². The Balaban J connectivity index is 1.00. The largest absolute Gasteiger partial charge is 0.508 e. The number of fused-ring (bicyclic) bond motifs is 3. The third kappa shape index (κ3) is 25.1. The number of rotatable bonds is 18. The fraction of sp³-hybridized carbons (Fsp3) is 0.365. The second kappa shape index (κ2) is 41.5. The van der Waals surface area contributed by atoms with Crippen molar-refractivity contribution in [1.29, 1.82) is 0 Å². The Kier molecular flexibility index (Phi) is 30.7. The summed E-state index contributed by atoms with van der Waals surface area (Å²) in [6, 6.07) is 22.8. The number of aromatic amines is 2. The zero-order chi connectivity index (χ0) is 85.6. The quantitative estimate of drug-likeness (QED) is 0.0583. The number of carbonyl (C=O) groups is 14. The van der Waals surface area contributed by atoms with E-state index in [9.17, 15) is 68.4 Å². The molecule has 2 fully saturated rings. The van der Waals surface area contributed by atoms with Crippen molar-refractivity contribution in [3.63, 3.8) is 0 Å². The predicted octanol–water partition coefficient (Wildman–Crippen LogP) is 1.89. The van der Waals surface area contributed by atoms with Crippen molar-refractivity contribution in [3.05, 3.63) is 197 Å². The van der Waals surface area contributed by atoms with E-state index in [2.05, 4.69) is 68.5 Å². The van der Waals surface area contributed by atoms with Gasteiger partial charge in [0.2, 0.25) is 76.8 Å². The van der Waals surface area contributed by atoms with E-state index in [1.54, 1.807) is 119 Å². The number of nitrogens with zero attached hydrogens (tertiary/aromatic N) is 1. The van der Waals surface area contributed by atoms with Gasteiger partial charge in [-0.15, -0.1) is 11.8 Å². The Bertz CT molecular complexity index is 4980. The third-order valence-corrected chi connectivity index (χ3v) is 21.5. The SMILES string of the molecule is CC(C)C[C@@H]1NC(=O)[C@H](Cc2c[nH]c3ccccc23)NC(=O)[C@H](Cc2ccc(O)cc2)NC(=O)[C@H](Cc2c[nH]c3ccccc23)NC(=O)CNC(=O)[C@H](CC(=O)O)NC(=O)[C@H](Cc2ccc(O)cc2)NC(=O)[C@H](C(C)C)NC(=O)[C@@H]2CCCN2C(=O)[C@H](Cc2ccc(O)cc2)NC(=O)[C@H](Cc2ccccc2)NC(=O)CSC[C@@H](C(N)=O)NC1=O. The van der Waals surface area contributed by atoms with Crippen LogP contribution >= 0.6 is 11.8 Å². The minimum absolute atomic E-state index is 0.0104. The van der Waals surface area contributed by atoms with Crippen LogP contribution < -0.4 is 64.2 Å². The van der Waals surface area contributed by atoms with E-state index in [1.807, 2.05) is 0 Å². The van der Waals surface area contributed by atoms with Crippen LogP contribution in [-0.2, 0) is 106 Å². The maximum atomic E-state index is 15.4. The van der Waals surface area contributed by atoms with Gasteiger partial charge in [0.25, 0.3) is 0 Å². The molecular formula is C85H99N15O18S. The number of phenols is 3. The zero-order valence-corrected chi connectivity index (χ0v) is 66.7. The minimum atomic E-state index is -1.97. The summed E-state index contributed by atoms with van der Waals surface area (Å²) in [5.41, 5.74) is 10.1. The van der Waals surface area contributed by atoms with Gasteiger partial charge < -0.3 is 99.5 Å². The molecule has 0 bridgehead atoms. The van der Waals surface area contributed by atoms with Gasteiger partial charge in [-0.3, -0.25) is 67.1 Å². The molecule has 0 spiro atoms. The van der Waals surface area contributed by atoms with Crippen LogP contribution in [-0.4, -0.2) is 209 Å². The average molecular weight is 1650 g/mol. The first-order chi connectivity index (χ1) is 56.9. The molecule has 10 rings (SSSR count). The van der Waals surface area contributed by atoms with Crippen molar-refractivity contribution < 1.29 is 87.5 Å². The molecule has 2 aliphatic heterocycles. The number of nitrogens with two attached hydrogens (primary N) is 1. The molecule has 0 radical (unpaired) electrons. The Hall–Kier alpha value is -13.3. The number of para-hydroxylation sites is 2. The molecule has 2 aromatic heterocycles. The molecular weight excluding hydrogens is 1550 g/mol. The highest BCUT2D eigenvalue weighted by molar-refractivity contribution is 8.00. The number of carboxylic acids is 1. The van der Waals surface area contributed by atoms with Crippen molar-refractivity contribution in [2.75, 3.05) is 24.6 Å². The topological polar surface area (TPSA) is 513 Å². The van der Waals surface area contributed by atoms with E-state index in [4.69, 9.17) is 5.73 Å². The summed E-state index contributed by atoms with van der Waals surface area (Å²) in [7, 11) is 0. The summed E-state index contributed by atoms with van der Waals surface area (Å²) in [5.74, 6) is -16.0. The molecule has 4 heterocycles. The molecule has 11 atom stereocenters. The second-order valence-electron chi connectivity index (χ2n) is 30.4. The van der Waals surface area contributed by atoms with Crippen LogP contribution in [0.1, 0.15) is 86.8 Å². The lowest BCUT2D eigenvalue weighted by Crippen LogP contribution is -2.61. The standard InChI is InChI=1S/C85H99N15O18S/c1-46(2)33-61-77(110)98-69(75(86)108)44-119-45-72(105)91-62(34-48-13-6-5-7-14-48)78(111)97-68(37-51-24-30-56(103)31-25-51)85(118)100-32-12-19-70(100)83(116)99-74(47(3)4)84(117)96-64(36-50-22-28-55(102)29-23-50)80(113)95-67(40-73(106)107)76(109)89-43-71(104)90-65(38-52-41-87-59-17-10-8-15-57(52)59)81(114)93-63(35-49-20-26-54(101)27-21-49)79(112)94-66(82(115)92-61)39-53-42-88-60-18-11-9-16-58(53)60/h5-11,13-18,20-31,41-42,46-47,61-70,74,87-88,101-103H,12,19,32-40,43-45H2,1-4H3,(H2,86,108)(H,89,109)(H,90,104)(H,91,105)(H,92,115)(H,93,114)(H,94,112)(H,95,113)(H,96,117)(H,97,111)(H,98,110)(H,99,116)(H,106,107)/t61-,62-,63-,64-,65-,66-,67-,68-,69-,70-,74-/m0/s1. The minimum Gasteiger partial charge on any atom is -0.508 e. The number of primary amides is 1. The van der Waals surface area contributed by atoms with Crippen molar-refractivity contribution >= 4 is 116 Å². The number of carboxylic acid groups (broad SMARTS) is 1. The number of aromatic nitrogens is 2. The molecule has 13 amide bonds. The first-order valence-corrected chi connectivity index (χ1v) is 40.2. The number of aliphatic carboxylic acids is 1. The number of hydrogen-bond acceptors (Lipinski definition) is 18. The molecule has 8 aromatic rings. The molecule has 2 saturated heterocycles. The molecule has 0 saturated carbocycles. The molecule has 33 nitrogen and oxygen atoms in total. The van der Waals surface area contributed by atoms with Gasteiger partial charge in [-0.1, -0.05) is 131 Å². The van der Waals surface area contributed by atoms with E-state index in [0.29, 0.717) is 55.2 Å². The number of benzene rings is 6. The first-order valence-electron chi connectivity index (χ1n) is 39.1. The predicted molar refractivity (Wildman–Crippen MR) is 440 cm³/mol. The Labute approximate surface area is 689 Å². The van der Waals surface area contributed by atoms with Crippen molar-refractivity contribution in [2.24, 2.45) is 17.6 Å². The van der Waals surface area contributed by atoms with Crippen LogP contribution in [0.25, 0.3) is 21.8 Å². The molecule has 0 aliphatic carbocycles. The first kappa shape index (κ1) is 88.1. The molecule has 0 unspecified atom stereocenters. The van der Waals surface area contributed by atoms with Gasteiger partial charge in [-0.05, 0) is 113 Å². The number of hydrogen-bond donors (Lipinski definition) is 18. The van der Waals surface area contributed by atoms with Crippen LogP contribution in [0.2, 0.25) is 0 Å². The van der Waals surface area contributed by atoms with Crippen LogP contribution in [0.5, 0.6) is 17.2 Å². The number of aromatic hydroxyl groups is 3. The maximum absolute atomic E-state index is 15.4. The van der Waals surface area contributed by atoms with Gasteiger partial charge in [0.1, 0.15) is 83.7 Å². The van der Waals surface area contributed by atoms with E-state index >= 15 is 19.2 Å². The van der Waals surface area contributed by atoms with Crippen LogP contribution in [0, 0.1) is 11.8 Å². The lowest BCUT2D eigenvalue weighted by Gasteiger charge is -2.32. The normalized spacial score (nSPS) is 22.7. The summed E-state index contributed by atoms with van der Waals surface area (Å²) in [6.45, 7) is 5.75. The number of phenolic OH excluding ortho intramolecular Hbond substituents is 3. The summed E-state index contributed by atoms with van der Waals surface area (Å²) in [4.78, 5) is 212. The summed E-state index contributed by atoms with van der Waals surface area (Å²) in [6.07, 6.45) is 0.949. The average Bonchev–Trinajstić information content (AvgIpc) is 1.73. The molecule has 6 aromatic carbocycles. The van der Waals surface area contributed by atoms with Gasteiger partial charge in [0.15, 0.2) is 0 Å². The van der Waals surface area contributed by atoms with E-state index in [1.165, 1.54) is 77.7 Å².